The van der Waals surface area contributed by atoms with Gasteiger partial charge in [0.15, 0.2) is 0 Å². The van der Waals surface area contributed by atoms with E-state index in [2.05, 4.69) is 72.4 Å². The highest BCUT2D eigenvalue weighted by atomic mass is 16.6. The average molecular weight is 1160 g/mol. The first-order valence-electron chi connectivity index (χ1n) is 24.5. The van der Waals surface area contributed by atoms with E-state index in [9.17, 15) is 57.8 Å². The van der Waals surface area contributed by atoms with Gasteiger partial charge < -0.3 is 66.7 Å². The minimum Gasteiger partial charge on any atom is -0.463 e. The first kappa shape index (κ1) is 75.3. The molecular weight excluding hydrogens is 1080 g/mol. The summed E-state index contributed by atoms with van der Waals surface area (Å²) in [6.45, 7) is 31.9. The van der Waals surface area contributed by atoms with Crippen molar-refractivity contribution in [3.8, 4) is 0 Å². The molecule has 0 aliphatic rings. The van der Waals surface area contributed by atoms with Gasteiger partial charge in [-0.05, 0) is 25.7 Å². The molecule has 0 bridgehead atoms. The number of esters is 11. The molecule has 0 fully saturated rings. The fourth-order valence-corrected chi connectivity index (χ4v) is 6.12. The van der Waals surface area contributed by atoms with Crippen molar-refractivity contribution >= 4 is 65.7 Å². The standard InChI is InChI=1S/C30H38O13.C27H36O12/c1-7-23(31)38-15-13-29(19-40-25(33)9-3,20-41-26(34)10-4)17-37-18-30(21-42-27(35)11-5,22-43-28(36)12-6)14-16-39-24(32)8-2;1-6-21(29)35-14-12-27(19-38-24(32)9-4,20-39-25(33)10-5)16-34-15-26(11-13-28,17-36-22(30)7-2)18-37-23(31)8-3/h7-12H,1-6,13-22H2;6-10,28H,1-5,11-20H2. The van der Waals surface area contributed by atoms with Crippen molar-refractivity contribution in [3.63, 3.8) is 0 Å². The quantitative estimate of drug-likeness (QED) is 0.0517. The average Bonchev–Trinajstić information content (AvgIpc) is 3.56. The molecule has 0 unspecified atom stereocenters. The van der Waals surface area contributed by atoms with Crippen LogP contribution in [0.1, 0.15) is 25.7 Å². The summed E-state index contributed by atoms with van der Waals surface area (Å²) in [6.07, 6.45) is 10.3. The van der Waals surface area contributed by atoms with Gasteiger partial charge in [-0.15, -0.1) is 0 Å². The summed E-state index contributed by atoms with van der Waals surface area (Å²) in [5, 5.41) is 9.68. The van der Waals surface area contributed by atoms with E-state index in [1.165, 1.54) is 0 Å². The van der Waals surface area contributed by atoms with E-state index in [4.69, 9.17) is 61.6 Å². The molecule has 25 heteroatoms. The first-order valence-corrected chi connectivity index (χ1v) is 24.5. The van der Waals surface area contributed by atoms with Gasteiger partial charge in [0.05, 0.1) is 67.9 Å². The molecule has 0 aromatic rings. The lowest BCUT2D eigenvalue weighted by atomic mass is 9.85. The fraction of sp³-hybridized carbons (Fsp3) is 0.421. The largest absolute Gasteiger partial charge is 0.463 e. The number of carbonyl (C=O) groups is 11. The third-order valence-corrected chi connectivity index (χ3v) is 10.9. The highest BCUT2D eigenvalue weighted by molar-refractivity contribution is 5.84. The van der Waals surface area contributed by atoms with Gasteiger partial charge in [-0.25, -0.2) is 52.7 Å². The second-order valence-corrected chi connectivity index (χ2v) is 17.3. The summed E-state index contributed by atoms with van der Waals surface area (Å²) < 4.78 is 68.8. The van der Waals surface area contributed by atoms with Crippen molar-refractivity contribution in [1.82, 2.24) is 0 Å². The third-order valence-electron chi connectivity index (χ3n) is 10.9. The molecule has 1 N–H and O–H groups in total. The number of aliphatic hydroxyl groups excluding tert-OH is 1. The molecular formula is C57H74O25. The van der Waals surface area contributed by atoms with Gasteiger partial charge in [0.25, 0.3) is 0 Å². The molecule has 0 heterocycles. The van der Waals surface area contributed by atoms with Crippen LogP contribution in [0.15, 0.2) is 139 Å². The molecule has 0 saturated heterocycles. The molecule has 0 aliphatic heterocycles. The summed E-state index contributed by atoms with van der Waals surface area (Å²) in [4.78, 5) is 129. The summed E-state index contributed by atoms with van der Waals surface area (Å²) in [7, 11) is 0. The van der Waals surface area contributed by atoms with E-state index in [1.807, 2.05) is 0 Å². The number of hydrogen-bond donors (Lipinski definition) is 1. The van der Waals surface area contributed by atoms with Crippen LogP contribution in [-0.2, 0) is 114 Å². The molecule has 82 heavy (non-hydrogen) atoms. The smallest absolute Gasteiger partial charge is 0.330 e. The second kappa shape index (κ2) is 43.0. The normalized spacial score (nSPS) is 10.7. The van der Waals surface area contributed by atoms with Crippen LogP contribution in [0.5, 0.6) is 0 Å². The Morgan fingerprint density at radius 1 is 0.244 bits per heavy atom. The lowest BCUT2D eigenvalue weighted by Gasteiger charge is -2.36. The number of ether oxygens (including phenoxy) is 13. The molecule has 0 radical (unpaired) electrons. The van der Waals surface area contributed by atoms with Gasteiger partial charge in [-0.1, -0.05) is 72.4 Å². The van der Waals surface area contributed by atoms with Crippen LogP contribution in [0.4, 0.5) is 0 Å². The molecule has 0 spiro atoms. The summed E-state index contributed by atoms with van der Waals surface area (Å²) in [5.74, 6) is -8.31. The van der Waals surface area contributed by atoms with Crippen LogP contribution < -0.4 is 0 Å². The van der Waals surface area contributed by atoms with Crippen LogP contribution >= 0.6 is 0 Å². The molecule has 0 rings (SSSR count). The van der Waals surface area contributed by atoms with E-state index in [-0.39, 0.29) is 131 Å². The SMILES string of the molecule is C=CC(=O)OCCC(COCC(CCO)(COC(=O)C=C)COC(=O)C=C)(COC(=O)C=C)COC(=O)C=C.C=CC(=O)OCCC(COCC(CCOC(=O)C=C)(COC(=O)C=C)COC(=O)C=C)(COC(=O)C=C)COC(=O)C=C. The van der Waals surface area contributed by atoms with Crippen molar-refractivity contribution in [2.75, 3.05) is 106 Å². The maximum atomic E-state index is 11.9. The number of aliphatic hydroxyl groups is 1. The summed E-state index contributed by atoms with van der Waals surface area (Å²) in [6, 6.07) is 0. The van der Waals surface area contributed by atoms with Crippen LogP contribution in [-0.4, -0.2) is 176 Å². The topological polar surface area (TPSA) is 328 Å². The van der Waals surface area contributed by atoms with Crippen molar-refractivity contribution in [1.29, 1.82) is 0 Å². The van der Waals surface area contributed by atoms with E-state index < -0.39 is 87.3 Å². The lowest BCUT2D eigenvalue weighted by molar-refractivity contribution is -0.163. The molecule has 25 nitrogen and oxygen atoms in total. The highest BCUT2D eigenvalue weighted by Gasteiger charge is 2.41. The molecule has 0 aromatic carbocycles. The molecule has 0 amide bonds. The maximum Gasteiger partial charge on any atom is 0.330 e. The Labute approximate surface area is 476 Å². The maximum absolute atomic E-state index is 11.9. The second-order valence-electron chi connectivity index (χ2n) is 17.3. The minimum absolute atomic E-state index is 0.00528. The van der Waals surface area contributed by atoms with Crippen molar-refractivity contribution < 1.29 is 119 Å². The third kappa shape index (κ3) is 33.6. The van der Waals surface area contributed by atoms with Crippen LogP contribution in [0.3, 0.4) is 0 Å². The van der Waals surface area contributed by atoms with Crippen molar-refractivity contribution in [3.05, 3.63) is 139 Å². The Balaban J connectivity index is 0. The Morgan fingerprint density at radius 3 is 0.537 bits per heavy atom. The van der Waals surface area contributed by atoms with Crippen molar-refractivity contribution in [2.24, 2.45) is 21.7 Å². The Bertz CT molecular complexity index is 2090. The Morgan fingerprint density at radius 2 is 0.390 bits per heavy atom. The number of hydrogen-bond acceptors (Lipinski definition) is 25. The van der Waals surface area contributed by atoms with E-state index in [0.29, 0.717) is 0 Å². The molecule has 452 valence electrons. The Kier molecular flexibility index (Phi) is 39.5. The van der Waals surface area contributed by atoms with Crippen LogP contribution in [0, 0.1) is 21.7 Å². The van der Waals surface area contributed by atoms with Gasteiger partial charge in [-0.3, -0.25) is 0 Å². The van der Waals surface area contributed by atoms with Gasteiger partial charge >= 0.3 is 65.7 Å². The number of rotatable bonds is 46. The highest BCUT2D eigenvalue weighted by Crippen LogP contribution is 2.31. The fourth-order valence-electron chi connectivity index (χ4n) is 6.12. The zero-order valence-electron chi connectivity index (χ0n) is 46.0. The number of carbonyl (C=O) groups excluding carboxylic acids is 11. The van der Waals surface area contributed by atoms with E-state index in [0.717, 1.165) is 66.8 Å². The molecule has 0 atom stereocenters. The van der Waals surface area contributed by atoms with Gasteiger partial charge in [0.1, 0.15) is 52.9 Å². The van der Waals surface area contributed by atoms with Crippen LogP contribution in [0.25, 0.3) is 0 Å². The predicted octanol–water partition coefficient (Wildman–Crippen LogP) is 3.53. The van der Waals surface area contributed by atoms with Crippen molar-refractivity contribution in [2.45, 2.75) is 25.7 Å². The van der Waals surface area contributed by atoms with Crippen LogP contribution in [0.2, 0.25) is 0 Å². The van der Waals surface area contributed by atoms with Gasteiger partial charge in [0.2, 0.25) is 0 Å². The lowest BCUT2D eigenvalue weighted by Crippen LogP contribution is -2.44. The van der Waals surface area contributed by atoms with E-state index in [1.54, 1.807) is 0 Å². The first-order chi connectivity index (χ1) is 39.0. The van der Waals surface area contributed by atoms with Gasteiger partial charge in [0, 0.05) is 73.4 Å². The zero-order chi connectivity index (χ0) is 62.5. The molecule has 0 saturated carbocycles. The predicted molar refractivity (Wildman–Crippen MR) is 290 cm³/mol. The summed E-state index contributed by atoms with van der Waals surface area (Å²) >= 11 is 0. The Hall–Kier alpha value is -8.81. The minimum atomic E-state index is -1.28. The molecule has 0 aromatic heterocycles. The van der Waals surface area contributed by atoms with Gasteiger partial charge in [-0.2, -0.15) is 0 Å². The zero-order valence-corrected chi connectivity index (χ0v) is 46.0. The van der Waals surface area contributed by atoms with E-state index >= 15 is 0 Å². The monoisotopic (exact) mass is 1160 g/mol. The molecule has 0 aliphatic carbocycles. The summed E-state index contributed by atoms with van der Waals surface area (Å²) in [5.41, 5.74) is -5.01.